The van der Waals surface area contributed by atoms with Crippen molar-refractivity contribution >= 4 is 11.3 Å². The quantitative estimate of drug-likeness (QED) is 0.924. The maximum Gasteiger partial charge on any atom is 0.102 e. The number of aliphatic hydroxyl groups excluding tert-OH is 1. The zero-order chi connectivity index (χ0) is 13.3. The first-order valence-corrected chi connectivity index (χ1v) is 6.93. The zero-order valence-electron chi connectivity index (χ0n) is 11.2. The Bertz CT molecular complexity index is 511. The molecular weight excluding hydrogens is 246 g/mol. The Morgan fingerprint density at radius 3 is 2.67 bits per heavy atom. The van der Waals surface area contributed by atoms with E-state index < -0.39 is 6.10 Å². The van der Waals surface area contributed by atoms with Crippen LogP contribution in [0.5, 0.6) is 0 Å². The van der Waals surface area contributed by atoms with Crippen LogP contribution in [-0.4, -0.2) is 19.6 Å². The molecule has 1 unspecified atom stereocenters. The summed E-state index contributed by atoms with van der Waals surface area (Å²) in [6.07, 6.45) is 3.51. The van der Waals surface area contributed by atoms with E-state index in [9.17, 15) is 5.11 Å². The van der Waals surface area contributed by atoms with Gasteiger partial charge in [-0.15, -0.1) is 11.3 Å². The van der Waals surface area contributed by atoms with E-state index in [1.165, 1.54) is 4.88 Å². The van der Waals surface area contributed by atoms with Crippen molar-refractivity contribution in [2.75, 3.05) is 0 Å². The summed E-state index contributed by atoms with van der Waals surface area (Å²) in [5.74, 6) is 0. The standard InChI is InChI=1S/C13H19N3OS/c1-8(2)16-7-14-6-11(16)12(17)5-13-15-9(3)10(4)18-13/h6-8,12,17H,5H2,1-4H3. The van der Waals surface area contributed by atoms with Crippen molar-refractivity contribution in [2.45, 2.75) is 46.3 Å². The first kappa shape index (κ1) is 13.2. The van der Waals surface area contributed by atoms with Crippen molar-refractivity contribution in [1.29, 1.82) is 0 Å². The number of aromatic nitrogens is 3. The third kappa shape index (κ3) is 2.62. The molecule has 5 heteroatoms. The molecule has 4 nitrogen and oxygen atoms in total. The first-order chi connectivity index (χ1) is 8.49. The minimum absolute atomic E-state index is 0.303. The number of thiazole rings is 1. The summed E-state index contributed by atoms with van der Waals surface area (Å²) in [6.45, 7) is 8.21. The molecule has 2 aromatic heterocycles. The summed E-state index contributed by atoms with van der Waals surface area (Å²) in [7, 11) is 0. The van der Waals surface area contributed by atoms with E-state index in [1.54, 1.807) is 23.9 Å². The SMILES string of the molecule is Cc1nc(CC(O)c2cncn2C(C)C)sc1C. The van der Waals surface area contributed by atoms with Gasteiger partial charge in [-0.25, -0.2) is 9.97 Å². The molecule has 2 rings (SSSR count). The molecule has 0 saturated heterocycles. The van der Waals surface area contributed by atoms with Crippen molar-refractivity contribution in [1.82, 2.24) is 14.5 Å². The Morgan fingerprint density at radius 2 is 2.11 bits per heavy atom. The third-order valence-corrected chi connectivity index (χ3v) is 4.13. The molecule has 0 aliphatic heterocycles. The predicted molar refractivity (Wildman–Crippen MR) is 72.9 cm³/mol. The highest BCUT2D eigenvalue weighted by molar-refractivity contribution is 7.11. The fraction of sp³-hybridized carbons (Fsp3) is 0.538. The Hall–Kier alpha value is -1.20. The van der Waals surface area contributed by atoms with Crippen molar-refractivity contribution in [2.24, 2.45) is 0 Å². The molecule has 0 fully saturated rings. The fourth-order valence-corrected chi connectivity index (χ4v) is 2.87. The van der Waals surface area contributed by atoms with Gasteiger partial charge in [-0.3, -0.25) is 0 Å². The first-order valence-electron chi connectivity index (χ1n) is 6.11. The highest BCUT2D eigenvalue weighted by Crippen LogP contribution is 2.24. The molecule has 0 amide bonds. The van der Waals surface area contributed by atoms with Gasteiger partial charge in [-0.05, 0) is 27.7 Å². The summed E-state index contributed by atoms with van der Waals surface area (Å²) in [6, 6.07) is 0.303. The van der Waals surface area contributed by atoms with E-state index in [2.05, 4.69) is 30.7 Å². The number of imidazole rings is 1. The Kier molecular flexibility index (Phi) is 3.82. The Labute approximate surface area is 111 Å². The second-order valence-corrected chi connectivity index (χ2v) is 6.08. The van der Waals surface area contributed by atoms with Gasteiger partial charge in [0.25, 0.3) is 0 Å². The minimum atomic E-state index is -0.542. The third-order valence-electron chi connectivity index (χ3n) is 3.03. The molecule has 18 heavy (non-hydrogen) atoms. The molecule has 0 radical (unpaired) electrons. The van der Waals surface area contributed by atoms with Crippen LogP contribution in [0.2, 0.25) is 0 Å². The van der Waals surface area contributed by atoms with E-state index in [1.807, 2.05) is 11.5 Å². The lowest BCUT2D eigenvalue weighted by Crippen LogP contribution is -2.10. The highest BCUT2D eigenvalue weighted by Gasteiger charge is 2.17. The van der Waals surface area contributed by atoms with Gasteiger partial charge in [-0.1, -0.05) is 0 Å². The summed E-state index contributed by atoms with van der Waals surface area (Å²) >= 11 is 1.65. The van der Waals surface area contributed by atoms with Gasteiger partial charge < -0.3 is 9.67 Å². The van der Waals surface area contributed by atoms with Crippen LogP contribution in [-0.2, 0) is 6.42 Å². The smallest absolute Gasteiger partial charge is 0.102 e. The Morgan fingerprint density at radius 1 is 1.39 bits per heavy atom. The summed E-state index contributed by atoms with van der Waals surface area (Å²) in [5, 5.41) is 11.3. The van der Waals surface area contributed by atoms with E-state index in [4.69, 9.17) is 0 Å². The normalized spacial score (nSPS) is 13.2. The molecule has 0 saturated carbocycles. The number of hydrogen-bond acceptors (Lipinski definition) is 4. The maximum atomic E-state index is 10.3. The van der Waals surface area contributed by atoms with Crippen LogP contribution in [0.3, 0.4) is 0 Å². The summed E-state index contributed by atoms with van der Waals surface area (Å²) < 4.78 is 2.00. The van der Waals surface area contributed by atoms with Crippen LogP contribution >= 0.6 is 11.3 Å². The largest absolute Gasteiger partial charge is 0.386 e. The van der Waals surface area contributed by atoms with Gasteiger partial charge in [0.15, 0.2) is 0 Å². The predicted octanol–water partition coefficient (Wildman–Crippen LogP) is 2.81. The molecule has 2 aromatic rings. The van der Waals surface area contributed by atoms with Crippen molar-refractivity contribution in [3.05, 3.63) is 33.8 Å². The van der Waals surface area contributed by atoms with Crippen LogP contribution in [0.25, 0.3) is 0 Å². The molecule has 0 aliphatic carbocycles. The maximum absolute atomic E-state index is 10.3. The number of rotatable bonds is 4. The summed E-state index contributed by atoms with van der Waals surface area (Å²) in [4.78, 5) is 9.80. The lowest BCUT2D eigenvalue weighted by atomic mass is 10.2. The fourth-order valence-electron chi connectivity index (χ4n) is 1.90. The Balaban J connectivity index is 2.16. The van der Waals surface area contributed by atoms with Crippen molar-refractivity contribution in [3.63, 3.8) is 0 Å². The lowest BCUT2D eigenvalue weighted by molar-refractivity contribution is 0.167. The molecule has 0 aliphatic rings. The van der Waals surface area contributed by atoms with E-state index >= 15 is 0 Å². The lowest BCUT2D eigenvalue weighted by Gasteiger charge is -2.15. The van der Waals surface area contributed by atoms with Crippen LogP contribution in [0, 0.1) is 13.8 Å². The minimum Gasteiger partial charge on any atom is -0.386 e. The van der Waals surface area contributed by atoms with Crippen LogP contribution in [0.4, 0.5) is 0 Å². The number of hydrogen-bond donors (Lipinski definition) is 1. The van der Waals surface area contributed by atoms with E-state index in [-0.39, 0.29) is 0 Å². The molecule has 2 heterocycles. The van der Waals surface area contributed by atoms with E-state index in [0.29, 0.717) is 12.5 Å². The number of aryl methyl sites for hydroxylation is 2. The molecule has 1 N–H and O–H groups in total. The average Bonchev–Trinajstić information content (AvgIpc) is 2.86. The summed E-state index contributed by atoms with van der Waals surface area (Å²) in [5.41, 5.74) is 1.91. The van der Waals surface area contributed by atoms with Gasteiger partial charge in [0.1, 0.15) is 6.10 Å². The molecule has 0 bridgehead atoms. The monoisotopic (exact) mass is 265 g/mol. The van der Waals surface area contributed by atoms with Crippen LogP contribution in [0.15, 0.2) is 12.5 Å². The van der Waals surface area contributed by atoms with Gasteiger partial charge in [-0.2, -0.15) is 0 Å². The van der Waals surface area contributed by atoms with Crippen LogP contribution < -0.4 is 0 Å². The van der Waals surface area contributed by atoms with E-state index in [0.717, 1.165) is 16.4 Å². The molecular formula is C13H19N3OS. The zero-order valence-corrected chi connectivity index (χ0v) is 12.0. The van der Waals surface area contributed by atoms with Gasteiger partial charge >= 0.3 is 0 Å². The highest BCUT2D eigenvalue weighted by atomic mass is 32.1. The van der Waals surface area contributed by atoms with Crippen molar-refractivity contribution < 1.29 is 5.11 Å². The molecule has 0 aromatic carbocycles. The second-order valence-electron chi connectivity index (χ2n) is 4.79. The topological polar surface area (TPSA) is 50.9 Å². The number of nitrogens with zero attached hydrogens (tertiary/aromatic N) is 3. The van der Waals surface area contributed by atoms with Crippen LogP contribution in [0.1, 0.15) is 47.3 Å². The molecule has 1 atom stereocenters. The van der Waals surface area contributed by atoms with Gasteiger partial charge in [0.2, 0.25) is 0 Å². The molecule has 98 valence electrons. The molecule has 0 spiro atoms. The van der Waals surface area contributed by atoms with Gasteiger partial charge in [0.05, 0.1) is 28.9 Å². The second kappa shape index (κ2) is 5.20. The van der Waals surface area contributed by atoms with Gasteiger partial charge in [0, 0.05) is 17.3 Å². The average molecular weight is 265 g/mol. The number of aliphatic hydroxyl groups is 1. The van der Waals surface area contributed by atoms with Crippen molar-refractivity contribution in [3.8, 4) is 0 Å².